The van der Waals surface area contributed by atoms with Crippen LogP contribution in [0.4, 0.5) is 0 Å². The van der Waals surface area contributed by atoms with Crippen molar-refractivity contribution >= 4 is 40.7 Å². The van der Waals surface area contributed by atoms with E-state index in [1.807, 2.05) is 0 Å². The molecule has 0 spiro atoms. The number of hydrogen-bond acceptors (Lipinski definition) is 6. The minimum Gasteiger partial charge on any atom is -0.422 e. The van der Waals surface area contributed by atoms with Crippen molar-refractivity contribution in [1.29, 1.82) is 0 Å². The smallest absolute Gasteiger partial charge is 0.365 e. The van der Waals surface area contributed by atoms with Crippen molar-refractivity contribution < 1.29 is 19.0 Å². The van der Waals surface area contributed by atoms with Gasteiger partial charge in [0, 0.05) is 5.56 Å². The van der Waals surface area contributed by atoms with Crippen LogP contribution in [0, 0.1) is 0 Å². The van der Waals surface area contributed by atoms with Gasteiger partial charge >= 0.3 is 5.97 Å². The highest BCUT2D eigenvalue weighted by Crippen LogP contribution is 2.30. The molecule has 0 aliphatic carbocycles. The number of aromatic nitrogens is 1. The van der Waals surface area contributed by atoms with Crippen molar-refractivity contribution in [2.45, 2.75) is 12.7 Å². The summed E-state index contributed by atoms with van der Waals surface area (Å²) in [6.45, 7) is 1.34. The van der Waals surface area contributed by atoms with Crippen LogP contribution in [0.25, 0.3) is 0 Å². The molecule has 116 valence electrons. The van der Waals surface area contributed by atoms with Crippen LogP contribution in [0.3, 0.4) is 0 Å². The molecular weight excluding hydrogens is 349 g/mol. The third kappa shape index (κ3) is 3.42. The lowest BCUT2D eigenvalue weighted by atomic mass is 10.2. The molecule has 5 nitrogen and oxygen atoms in total. The van der Waals surface area contributed by atoms with Crippen LogP contribution in [-0.4, -0.2) is 23.6 Å². The van der Waals surface area contributed by atoms with Crippen LogP contribution < -0.4 is 4.74 Å². The molecule has 0 saturated carbocycles. The molecule has 0 bridgehead atoms. The lowest BCUT2D eigenvalue weighted by molar-refractivity contribution is -0.183. The van der Waals surface area contributed by atoms with Gasteiger partial charge in [-0.2, -0.15) is 4.37 Å². The molecule has 1 aromatic heterocycles. The van der Waals surface area contributed by atoms with Gasteiger partial charge in [0.25, 0.3) is 0 Å². The number of hydrogen-bond donors (Lipinski definition) is 0. The van der Waals surface area contributed by atoms with Crippen molar-refractivity contribution in [3.63, 3.8) is 0 Å². The molecule has 1 aliphatic heterocycles. The first-order valence-electron chi connectivity index (χ1n) is 6.51. The first-order chi connectivity index (χ1) is 10.6. The van der Waals surface area contributed by atoms with Crippen LogP contribution in [0.1, 0.15) is 28.8 Å². The van der Waals surface area contributed by atoms with Crippen LogP contribution in [0.15, 0.2) is 24.3 Å². The van der Waals surface area contributed by atoms with Crippen LogP contribution in [0.5, 0.6) is 5.75 Å². The van der Waals surface area contributed by atoms with E-state index >= 15 is 0 Å². The fraction of sp³-hybridized carbons (Fsp3) is 0.286. The summed E-state index contributed by atoms with van der Waals surface area (Å²) in [5.74, 6) is -0.268. The number of ether oxygens (including phenoxy) is 3. The number of rotatable bonds is 3. The number of carbonyl (C=O) groups excluding carboxylic acids is 1. The Hall–Kier alpha value is -1.18. The Morgan fingerprint density at radius 2 is 1.91 bits per heavy atom. The second-order valence-electron chi connectivity index (χ2n) is 4.50. The Labute approximate surface area is 140 Å². The normalized spacial score (nSPS) is 15.7. The van der Waals surface area contributed by atoms with Gasteiger partial charge in [0.2, 0.25) is 0 Å². The molecule has 0 radical (unpaired) electrons. The fourth-order valence-corrected chi connectivity index (χ4v) is 2.89. The summed E-state index contributed by atoms with van der Waals surface area (Å²) < 4.78 is 20.3. The van der Waals surface area contributed by atoms with E-state index in [0.717, 1.165) is 23.5 Å². The second-order valence-corrected chi connectivity index (χ2v) is 6.26. The van der Waals surface area contributed by atoms with Crippen LogP contribution >= 0.6 is 34.7 Å². The third-order valence-electron chi connectivity index (χ3n) is 2.98. The molecule has 0 unspecified atom stereocenters. The largest absolute Gasteiger partial charge is 0.422 e. The van der Waals surface area contributed by atoms with Gasteiger partial charge in [0.05, 0.1) is 13.2 Å². The quantitative estimate of drug-likeness (QED) is 0.609. The maximum atomic E-state index is 12.0. The van der Waals surface area contributed by atoms with E-state index in [9.17, 15) is 4.79 Å². The first kappa shape index (κ1) is 15.7. The van der Waals surface area contributed by atoms with Gasteiger partial charge in [0.1, 0.15) is 15.1 Å². The molecule has 8 heteroatoms. The van der Waals surface area contributed by atoms with Crippen molar-refractivity contribution in [3.05, 3.63) is 44.9 Å². The molecule has 22 heavy (non-hydrogen) atoms. The van der Waals surface area contributed by atoms with Gasteiger partial charge in [-0.25, -0.2) is 4.79 Å². The molecule has 1 fully saturated rings. The molecule has 1 aromatic carbocycles. The Morgan fingerprint density at radius 3 is 2.50 bits per heavy atom. The van der Waals surface area contributed by atoms with E-state index in [0.29, 0.717) is 19.0 Å². The van der Waals surface area contributed by atoms with E-state index in [1.54, 1.807) is 24.3 Å². The van der Waals surface area contributed by atoms with E-state index in [-0.39, 0.29) is 21.3 Å². The maximum absolute atomic E-state index is 12.0. The average Bonchev–Trinajstić information content (AvgIpc) is 2.88. The molecule has 3 rings (SSSR count). The SMILES string of the molecule is O=C(Oc1ccc(C2OCCCO2)cc1)c1nsc(Cl)c1Cl. The number of esters is 1. The standard InChI is InChI=1S/C14H11Cl2NO4S/c15-10-11(17-22-12(10)16)13(18)21-9-4-2-8(3-5-9)14-19-6-1-7-20-14/h2-5,14H,1,6-7H2. The van der Waals surface area contributed by atoms with Gasteiger partial charge in [0.15, 0.2) is 12.0 Å². The minimum atomic E-state index is -0.647. The molecule has 0 amide bonds. The molecular formula is C14H11Cl2NO4S. The van der Waals surface area contributed by atoms with E-state index in [2.05, 4.69) is 4.37 Å². The average molecular weight is 360 g/mol. The molecule has 0 atom stereocenters. The molecule has 0 N–H and O–H groups in total. The highest BCUT2D eigenvalue weighted by atomic mass is 35.5. The first-order valence-corrected chi connectivity index (χ1v) is 8.04. The minimum absolute atomic E-state index is 0.0136. The summed E-state index contributed by atoms with van der Waals surface area (Å²) >= 11 is 12.6. The van der Waals surface area contributed by atoms with E-state index in [4.69, 9.17) is 37.4 Å². The van der Waals surface area contributed by atoms with Crippen molar-refractivity contribution in [2.24, 2.45) is 0 Å². The Morgan fingerprint density at radius 1 is 1.23 bits per heavy atom. The zero-order valence-electron chi connectivity index (χ0n) is 11.3. The van der Waals surface area contributed by atoms with Crippen LogP contribution in [-0.2, 0) is 9.47 Å². The summed E-state index contributed by atoms with van der Waals surface area (Å²) in [5, 5.41) is 0.109. The summed E-state index contributed by atoms with van der Waals surface area (Å²) in [6.07, 6.45) is 0.522. The van der Waals surface area contributed by atoms with E-state index < -0.39 is 5.97 Å². The molecule has 2 aromatic rings. The van der Waals surface area contributed by atoms with E-state index in [1.165, 1.54) is 0 Å². The topological polar surface area (TPSA) is 57.7 Å². The molecule has 1 saturated heterocycles. The van der Waals surface area contributed by atoms with Crippen molar-refractivity contribution in [2.75, 3.05) is 13.2 Å². The molecule has 2 heterocycles. The summed E-state index contributed by atoms with van der Waals surface area (Å²) in [5.41, 5.74) is 0.883. The number of halogens is 2. The van der Waals surface area contributed by atoms with Gasteiger partial charge < -0.3 is 14.2 Å². The zero-order chi connectivity index (χ0) is 15.5. The summed E-state index contributed by atoms with van der Waals surface area (Å²) in [6, 6.07) is 6.90. The maximum Gasteiger partial charge on any atom is 0.365 e. The summed E-state index contributed by atoms with van der Waals surface area (Å²) in [7, 11) is 0. The number of carbonyl (C=O) groups is 1. The lowest BCUT2D eigenvalue weighted by Crippen LogP contribution is -2.17. The second kappa shape index (κ2) is 6.93. The predicted octanol–water partition coefficient (Wildman–Crippen LogP) is 4.10. The predicted molar refractivity (Wildman–Crippen MR) is 82.8 cm³/mol. The van der Waals surface area contributed by atoms with Gasteiger partial charge in [-0.3, -0.25) is 0 Å². The Kier molecular flexibility index (Phi) is 4.95. The number of nitrogens with zero attached hydrogens (tertiary/aromatic N) is 1. The highest BCUT2D eigenvalue weighted by Gasteiger charge is 2.20. The Bertz CT molecular complexity index is 668. The number of benzene rings is 1. The van der Waals surface area contributed by atoms with Gasteiger partial charge in [-0.05, 0) is 30.1 Å². The highest BCUT2D eigenvalue weighted by molar-refractivity contribution is 7.11. The fourth-order valence-electron chi connectivity index (χ4n) is 1.91. The van der Waals surface area contributed by atoms with Crippen molar-refractivity contribution in [1.82, 2.24) is 4.37 Å². The summed E-state index contributed by atoms with van der Waals surface area (Å²) in [4.78, 5) is 12.0. The van der Waals surface area contributed by atoms with Gasteiger partial charge in [-0.1, -0.05) is 35.3 Å². The third-order valence-corrected chi connectivity index (χ3v) is 4.59. The van der Waals surface area contributed by atoms with Crippen molar-refractivity contribution in [3.8, 4) is 5.75 Å². The zero-order valence-corrected chi connectivity index (χ0v) is 13.6. The van der Waals surface area contributed by atoms with Gasteiger partial charge in [-0.15, -0.1) is 0 Å². The Balaban J connectivity index is 1.68. The molecule has 1 aliphatic rings. The van der Waals surface area contributed by atoms with Crippen LogP contribution in [0.2, 0.25) is 9.36 Å². The lowest BCUT2D eigenvalue weighted by Gasteiger charge is -2.23. The monoisotopic (exact) mass is 359 g/mol.